The third-order valence-electron chi connectivity index (χ3n) is 4.30. The average Bonchev–Trinajstić information content (AvgIpc) is 3.31. The van der Waals surface area contributed by atoms with Crippen LogP contribution in [0.4, 0.5) is 17.2 Å². The first kappa shape index (κ1) is 19.9. The van der Waals surface area contributed by atoms with Gasteiger partial charge in [-0.15, -0.1) is 0 Å². The molecule has 4 N–H and O–H groups in total. The highest BCUT2D eigenvalue weighted by Crippen LogP contribution is 2.17. The maximum atomic E-state index is 12.5. The quantitative estimate of drug-likeness (QED) is 0.398. The van der Waals surface area contributed by atoms with Crippen LogP contribution in [0.2, 0.25) is 0 Å². The Morgan fingerprint density at radius 3 is 2.77 bits per heavy atom. The van der Waals surface area contributed by atoms with Gasteiger partial charge >= 0.3 is 0 Å². The molecule has 0 aliphatic carbocycles. The topological polar surface area (TPSA) is 128 Å². The van der Waals surface area contributed by atoms with E-state index < -0.39 is 0 Å². The lowest BCUT2D eigenvalue weighted by atomic mass is 10.2. The summed E-state index contributed by atoms with van der Waals surface area (Å²) in [4.78, 5) is 25.0. The van der Waals surface area contributed by atoms with Crippen molar-refractivity contribution < 1.29 is 13.9 Å². The van der Waals surface area contributed by atoms with Crippen LogP contribution in [-0.4, -0.2) is 20.9 Å². The highest BCUT2D eigenvalue weighted by atomic mass is 16.5. The first-order valence-electron chi connectivity index (χ1n) is 9.49. The van der Waals surface area contributed by atoms with E-state index in [2.05, 4.69) is 25.6 Å². The van der Waals surface area contributed by atoms with Gasteiger partial charge in [-0.05, 0) is 48.5 Å². The summed E-state index contributed by atoms with van der Waals surface area (Å²) >= 11 is 0. The Hall–Kier alpha value is -4.40. The van der Waals surface area contributed by atoms with Gasteiger partial charge < -0.3 is 25.5 Å². The highest BCUT2D eigenvalue weighted by molar-refractivity contribution is 6.02. The van der Waals surface area contributed by atoms with E-state index in [1.165, 1.54) is 6.20 Å². The monoisotopic (exact) mass is 416 g/mol. The Kier molecular flexibility index (Phi) is 6.03. The molecule has 0 fully saturated rings. The molecule has 0 bridgehead atoms. The van der Waals surface area contributed by atoms with Crippen LogP contribution in [-0.2, 0) is 13.2 Å². The van der Waals surface area contributed by atoms with Crippen LogP contribution in [0, 0.1) is 0 Å². The third-order valence-corrected chi connectivity index (χ3v) is 4.30. The number of nitrogens with one attached hydrogen (secondary N) is 2. The molecule has 0 saturated heterocycles. The van der Waals surface area contributed by atoms with E-state index >= 15 is 0 Å². The van der Waals surface area contributed by atoms with Crippen molar-refractivity contribution in [2.24, 2.45) is 0 Å². The van der Waals surface area contributed by atoms with Crippen LogP contribution in [0.1, 0.15) is 21.9 Å². The highest BCUT2D eigenvalue weighted by Gasteiger charge is 2.09. The number of anilines is 3. The Labute approximate surface area is 178 Å². The van der Waals surface area contributed by atoms with Crippen molar-refractivity contribution in [3.8, 4) is 5.75 Å². The van der Waals surface area contributed by atoms with E-state index in [0.717, 1.165) is 11.4 Å². The van der Waals surface area contributed by atoms with Crippen molar-refractivity contribution >= 4 is 23.1 Å². The molecule has 4 aromatic rings. The Morgan fingerprint density at radius 1 is 1.06 bits per heavy atom. The zero-order chi connectivity index (χ0) is 21.5. The summed E-state index contributed by atoms with van der Waals surface area (Å²) in [5.41, 5.74) is 8.16. The molecule has 31 heavy (non-hydrogen) atoms. The fourth-order valence-electron chi connectivity index (χ4n) is 2.75. The Bertz CT molecular complexity index is 1150. The van der Waals surface area contributed by atoms with Crippen LogP contribution in [0.15, 0.2) is 77.8 Å². The molecule has 0 atom stereocenters. The number of nitrogen functional groups attached to an aromatic ring is 1. The van der Waals surface area contributed by atoms with Gasteiger partial charge in [0.2, 0.25) is 0 Å². The molecule has 0 aromatic carbocycles. The standard InChI is InChI=1S/C22H20N6O3/c23-21-19(4-1-8-25-21)26-12-16-11-15(7-9-24-16)28-22(29)20-6-5-17(13-27-20)31-14-18-3-2-10-30-18/h1-11,13,26H,12,14H2,(H2,23,25)(H,24,28,29). The summed E-state index contributed by atoms with van der Waals surface area (Å²) in [6.45, 7) is 0.721. The number of furan rings is 1. The number of carbonyl (C=O) groups excluding carboxylic acids is 1. The van der Waals surface area contributed by atoms with Crippen LogP contribution in [0.3, 0.4) is 0 Å². The van der Waals surface area contributed by atoms with E-state index in [1.54, 1.807) is 55.1 Å². The minimum atomic E-state index is -0.334. The molecule has 0 saturated carbocycles. The van der Waals surface area contributed by atoms with Gasteiger partial charge in [0.05, 0.1) is 30.4 Å². The molecule has 0 aliphatic rings. The van der Waals surface area contributed by atoms with Crippen molar-refractivity contribution in [2.75, 3.05) is 16.4 Å². The van der Waals surface area contributed by atoms with E-state index in [4.69, 9.17) is 14.9 Å². The molecule has 9 nitrogen and oxygen atoms in total. The SMILES string of the molecule is Nc1ncccc1NCc1cc(NC(=O)c2ccc(OCc3ccco3)cn2)ccn1. The summed E-state index contributed by atoms with van der Waals surface area (Å²) < 4.78 is 10.8. The van der Waals surface area contributed by atoms with E-state index in [9.17, 15) is 4.79 Å². The summed E-state index contributed by atoms with van der Waals surface area (Å²) in [6.07, 6.45) is 6.33. The molecule has 1 amide bonds. The van der Waals surface area contributed by atoms with Gasteiger partial charge in [0.1, 0.15) is 29.6 Å². The number of pyridine rings is 3. The van der Waals surface area contributed by atoms with Gasteiger partial charge in [-0.3, -0.25) is 9.78 Å². The summed E-state index contributed by atoms with van der Waals surface area (Å²) in [6, 6.07) is 14.0. The molecular formula is C22H20N6O3. The number of hydrogen-bond acceptors (Lipinski definition) is 8. The van der Waals surface area contributed by atoms with Crippen molar-refractivity contribution in [3.63, 3.8) is 0 Å². The van der Waals surface area contributed by atoms with E-state index in [0.29, 0.717) is 36.2 Å². The number of amides is 1. The number of rotatable bonds is 8. The lowest BCUT2D eigenvalue weighted by molar-refractivity contribution is 0.102. The summed E-state index contributed by atoms with van der Waals surface area (Å²) in [5, 5.41) is 5.99. The van der Waals surface area contributed by atoms with Gasteiger partial charge in [-0.25, -0.2) is 9.97 Å². The second-order valence-electron chi connectivity index (χ2n) is 6.53. The normalized spacial score (nSPS) is 10.5. The predicted octanol–water partition coefficient (Wildman–Crippen LogP) is 3.49. The zero-order valence-electron chi connectivity index (χ0n) is 16.5. The average molecular weight is 416 g/mol. The minimum Gasteiger partial charge on any atom is -0.484 e. The van der Waals surface area contributed by atoms with Gasteiger partial charge in [0.25, 0.3) is 5.91 Å². The first-order valence-corrected chi connectivity index (χ1v) is 9.49. The maximum Gasteiger partial charge on any atom is 0.274 e. The molecule has 0 unspecified atom stereocenters. The van der Waals surface area contributed by atoms with Crippen molar-refractivity contribution in [1.82, 2.24) is 15.0 Å². The molecule has 0 radical (unpaired) electrons. The molecule has 4 heterocycles. The van der Waals surface area contributed by atoms with Gasteiger partial charge in [0.15, 0.2) is 0 Å². The third kappa shape index (κ3) is 5.36. The summed E-state index contributed by atoms with van der Waals surface area (Å²) in [7, 11) is 0. The van der Waals surface area contributed by atoms with Crippen molar-refractivity contribution in [1.29, 1.82) is 0 Å². The fourth-order valence-corrected chi connectivity index (χ4v) is 2.75. The molecule has 0 spiro atoms. The van der Waals surface area contributed by atoms with Crippen molar-refractivity contribution in [2.45, 2.75) is 13.2 Å². The molecule has 9 heteroatoms. The fraction of sp³-hybridized carbons (Fsp3) is 0.0909. The lowest BCUT2D eigenvalue weighted by Gasteiger charge is -2.10. The van der Waals surface area contributed by atoms with Gasteiger partial charge in [-0.1, -0.05) is 0 Å². The van der Waals surface area contributed by atoms with Gasteiger partial charge in [0, 0.05) is 18.1 Å². The van der Waals surface area contributed by atoms with E-state index in [1.807, 2.05) is 12.1 Å². The molecule has 0 aliphatic heterocycles. The smallest absolute Gasteiger partial charge is 0.274 e. The zero-order valence-corrected chi connectivity index (χ0v) is 16.5. The van der Waals surface area contributed by atoms with Crippen molar-refractivity contribution in [3.05, 3.63) is 90.5 Å². The number of ether oxygens (including phenoxy) is 1. The number of nitrogens with two attached hydrogens (primary N) is 1. The lowest BCUT2D eigenvalue weighted by Crippen LogP contribution is -2.14. The number of carbonyl (C=O) groups is 1. The predicted molar refractivity (Wildman–Crippen MR) is 115 cm³/mol. The van der Waals surface area contributed by atoms with Gasteiger partial charge in [-0.2, -0.15) is 0 Å². The largest absolute Gasteiger partial charge is 0.484 e. The van der Waals surface area contributed by atoms with Crippen LogP contribution in [0.5, 0.6) is 5.75 Å². The first-order chi connectivity index (χ1) is 15.2. The Morgan fingerprint density at radius 2 is 2.00 bits per heavy atom. The number of hydrogen-bond donors (Lipinski definition) is 3. The van der Waals surface area contributed by atoms with Crippen LogP contribution < -0.4 is 21.1 Å². The molecule has 156 valence electrons. The maximum absolute atomic E-state index is 12.5. The Balaban J connectivity index is 1.33. The molecular weight excluding hydrogens is 396 g/mol. The van der Waals surface area contributed by atoms with Crippen LogP contribution >= 0.6 is 0 Å². The van der Waals surface area contributed by atoms with Crippen LogP contribution in [0.25, 0.3) is 0 Å². The number of aromatic nitrogens is 3. The summed E-state index contributed by atoms with van der Waals surface area (Å²) in [5.74, 6) is 1.32. The second-order valence-corrected chi connectivity index (χ2v) is 6.53. The van der Waals surface area contributed by atoms with E-state index in [-0.39, 0.29) is 11.6 Å². The number of nitrogens with zero attached hydrogens (tertiary/aromatic N) is 3. The molecule has 4 rings (SSSR count). The minimum absolute atomic E-state index is 0.268. The molecule has 4 aromatic heterocycles. The second kappa shape index (κ2) is 9.40.